The summed E-state index contributed by atoms with van der Waals surface area (Å²) in [6.07, 6.45) is 6.41. The molecule has 1 unspecified atom stereocenters. The fourth-order valence-corrected chi connectivity index (χ4v) is 3.65. The van der Waals surface area contributed by atoms with Crippen LogP contribution < -0.4 is 10.2 Å². The fraction of sp³-hybridized carbons (Fsp3) is 0.625. The fourth-order valence-electron chi connectivity index (χ4n) is 3.32. The van der Waals surface area contributed by atoms with Gasteiger partial charge in [-0.1, -0.05) is 17.7 Å². The highest BCUT2D eigenvalue weighted by atomic mass is 35.5. The largest absolute Gasteiger partial charge is 0.370 e. The van der Waals surface area contributed by atoms with E-state index in [9.17, 15) is 0 Å². The van der Waals surface area contributed by atoms with Crippen molar-refractivity contribution < 1.29 is 0 Å². The molecule has 0 aromatic heterocycles. The van der Waals surface area contributed by atoms with Gasteiger partial charge in [-0.05, 0) is 68.8 Å². The van der Waals surface area contributed by atoms with Crippen molar-refractivity contribution in [3.63, 3.8) is 0 Å². The molecule has 1 N–H and O–H groups in total. The Morgan fingerprint density at radius 1 is 1.21 bits per heavy atom. The summed E-state index contributed by atoms with van der Waals surface area (Å²) in [6, 6.07) is 6.68. The first-order valence-corrected chi connectivity index (χ1v) is 7.95. The minimum Gasteiger partial charge on any atom is -0.370 e. The van der Waals surface area contributed by atoms with Crippen LogP contribution in [0.3, 0.4) is 0 Å². The molecule has 0 spiro atoms. The molecule has 3 heteroatoms. The van der Waals surface area contributed by atoms with Crippen LogP contribution in [0.4, 0.5) is 5.69 Å². The lowest BCUT2D eigenvalue weighted by atomic mass is 9.92. The van der Waals surface area contributed by atoms with E-state index in [4.69, 9.17) is 11.6 Å². The van der Waals surface area contributed by atoms with E-state index in [-0.39, 0.29) is 0 Å². The van der Waals surface area contributed by atoms with E-state index in [2.05, 4.69) is 28.4 Å². The molecule has 19 heavy (non-hydrogen) atoms. The van der Waals surface area contributed by atoms with E-state index >= 15 is 0 Å². The van der Waals surface area contributed by atoms with Gasteiger partial charge in [0.2, 0.25) is 0 Å². The molecule has 2 heterocycles. The van der Waals surface area contributed by atoms with Gasteiger partial charge in [0, 0.05) is 13.1 Å². The van der Waals surface area contributed by atoms with E-state index in [0.717, 1.165) is 37.0 Å². The predicted molar refractivity (Wildman–Crippen MR) is 82.2 cm³/mol. The highest BCUT2D eigenvalue weighted by molar-refractivity contribution is 6.33. The van der Waals surface area contributed by atoms with Gasteiger partial charge in [0.25, 0.3) is 0 Å². The molecule has 0 bridgehead atoms. The molecule has 3 rings (SSSR count). The summed E-state index contributed by atoms with van der Waals surface area (Å²) in [4.78, 5) is 2.41. The minimum absolute atomic E-state index is 0.780. The SMILES string of the molecule is Clc1cc(CC2CCCNC2)ccc1N1CCCC1. The Morgan fingerprint density at radius 3 is 2.74 bits per heavy atom. The molecular formula is C16H23ClN2. The summed E-state index contributed by atoms with van der Waals surface area (Å²) in [5.74, 6) is 0.780. The van der Waals surface area contributed by atoms with Gasteiger partial charge in [-0.3, -0.25) is 0 Å². The quantitative estimate of drug-likeness (QED) is 0.911. The van der Waals surface area contributed by atoms with Crippen LogP contribution in [0, 0.1) is 5.92 Å². The standard InChI is InChI=1S/C16H23ClN2/c17-15-11-13(10-14-4-3-7-18-12-14)5-6-16(15)19-8-1-2-9-19/h5-6,11,14,18H,1-4,7-10,12H2. The molecule has 2 aliphatic heterocycles. The van der Waals surface area contributed by atoms with E-state index in [1.54, 1.807) is 0 Å². The number of piperidine rings is 1. The molecule has 0 radical (unpaired) electrons. The maximum absolute atomic E-state index is 6.47. The van der Waals surface area contributed by atoms with Crippen molar-refractivity contribution in [2.45, 2.75) is 32.1 Å². The number of nitrogens with zero attached hydrogens (tertiary/aromatic N) is 1. The molecule has 0 aliphatic carbocycles. The Morgan fingerprint density at radius 2 is 2.05 bits per heavy atom. The first-order chi connectivity index (χ1) is 9.33. The number of hydrogen-bond donors (Lipinski definition) is 1. The third kappa shape index (κ3) is 3.24. The first-order valence-electron chi connectivity index (χ1n) is 7.57. The maximum atomic E-state index is 6.47. The zero-order valence-electron chi connectivity index (χ0n) is 11.5. The third-order valence-corrected chi connectivity index (χ3v) is 4.68. The van der Waals surface area contributed by atoms with Gasteiger partial charge in [0.05, 0.1) is 10.7 Å². The number of rotatable bonds is 3. The smallest absolute Gasteiger partial charge is 0.0642 e. The van der Waals surface area contributed by atoms with Crippen LogP contribution in [0.1, 0.15) is 31.2 Å². The van der Waals surface area contributed by atoms with Gasteiger partial charge in [0.1, 0.15) is 0 Å². The van der Waals surface area contributed by atoms with Crippen LogP contribution >= 0.6 is 11.6 Å². The summed E-state index contributed by atoms with van der Waals surface area (Å²) in [5.41, 5.74) is 2.62. The number of benzene rings is 1. The second-order valence-corrected chi connectivity index (χ2v) is 6.30. The van der Waals surface area contributed by atoms with Gasteiger partial charge in [-0.15, -0.1) is 0 Å². The minimum atomic E-state index is 0.780. The maximum Gasteiger partial charge on any atom is 0.0642 e. The zero-order chi connectivity index (χ0) is 13.1. The van der Waals surface area contributed by atoms with E-state index in [1.807, 2.05) is 0 Å². The number of hydrogen-bond acceptors (Lipinski definition) is 2. The normalized spacial score (nSPS) is 23.8. The molecule has 1 aromatic carbocycles. The lowest BCUT2D eigenvalue weighted by Gasteiger charge is -2.24. The molecule has 1 atom stereocenters. The van der Waals surface area contributed by atoms with Gasteiger partial charge < -0.3 is 10.2 Å². The van der Waals surface area contributed by atoms with Gasteiger partial charge in [0.15, 0.2) is 0 Å². The molecule has 2 nitrogen and oxygen atoms in total. The molecule has 0 saturated carbocycles. The molecule has 2 fully saturated rings. The van der Waals surface area contributed by atoms with Crippen molar-refractivity contribution in [1.29, 1.82) is 0 Å². The van der Waals surface area contributed by atoms with Gasteiger partial charge in [-0.2, -0.15) is 0 Å². The predicted octanol–water partition coefficient (Wildman–Crippen LogP) is 3.48. The Labute approximate surface area is 121 Å². The Hall–Kier alpha value is -0.730. The highest BCUT2D eigenvalue weighted by Gasteiger charge is 2.17. The molecule has 1 aromatic rings. The van der Waals surface area contributed by atoms with Crippen molar-refractivity contribution in [3.05, 3.63) is 28.8 Å². The topological polar surface area (TPSA) is 15.3 Å². The average molecular weight is 279 g/mol. The monoisotopic (exact) mass is 278 g/mol. The molecule has 104 valence electrons. The number of halogens is 1. The molecule has 2 aliphatic rings. The summed E-state index contributed by atoms with van der Waals surface area (Å²) >= 11 is 6.47. The molecule has 2 saturated heterocycles. The van der Waals surface area contributed by atoms with Crippen molar-refractivity contribution in [2.75, 3.05) is 31.1 Å². The van der Waals surface area contributed by atoms with Crippen LogP contribution in [0.15, 0.2) is 18.2 Å². The highest BCUT2D eigenvalue weighted by Crippen LogP contribution is 2.30. The van der Waals surface area contributed by atoms with Crippen molar-refractivity contribution in [3.8, 4) is 0 Å². The van der Waals surface area contributed by atoms with Crippen LogP contribution in [-0.4, -0.2) is 26.2 Å². The lowest BCUT2D eigenvalue weighted by molar-refractivity contribution is 0.376. The Bertz CT molecular complexity index is 421. The lowest BCUT2D eigenvalue weighted by Crippen LogP contribution is -2.30. The second kappa shape index (κ2) is 6.15. The second-order valence-electron chi connectivity index (χ2n) is 5.90. The van der Waals surface area contributed by atoms with Gasteiger partial charge >= 0.3 is 0 Å². The van der Waals surface area contributed by atoms with Crippen molar-refractivity contribution >= 4 is 17.3 Å². The van der Waals surface area contributed by atoms with Crippen LogP contribution in [0.5, 0.6) is 0 Å². The zero-order valence-corrected chi connectivity index (χ0v) is 12.3. The van der Waals surface area contributed by atoms with E-state index in [1.165, 1.54) is 43.5 Å². The van der Waals surface area contributed by atoms with Crippen molar-refractivity contribution in [2.24, 2.45) is 5.92 Å². The van der Waals surface area contributed by atoms with E-state index < -0.39 is 0 Å². The Balaban J connectivity index is 1.67. The van der Waals surface area contributed by atoms with Crippen molar-refractivity contribution in [1.82, 2.24) is 5.32 Å². The van der Waals surface area contributed by atoms with Crippen LogP contribution in [0.2, 0.25) is 5.02 Å². The van der Waals surface area contributed by atoms with E-state index in [0.29, 0.717) is 0 Å². The third-order valence-electron chi connectivity index (χ3n) is 4.38. The van der Waals surface area contributed by atoms with Crippen LogP contribution in [0.25, 0.3) is 0 Å². The molecular weight excluding hydrogens is 256 g/mol. The summed E-state index contributed by atoms with van der Waals surface area (Å²) < 4.78 is 0. The molecule has 0 amide bonds. The number of anilines is 1. The summed E-state index contributed by atoms with van der Waals surface area (Å²) in [7, 11) is 0. The average Bonchev–Trinajstić information content (AvgIpc) is 2.94. The summed E-state index contributed by atoms with van der Waals surface area (Å²) in [5, 5.41) is 4.42. The van der Waals surface area contributed by atoms with Crippen LogP contribution in [-0.2, 0) is 6.42 Å². The first kappa shape index (κ1) is 13.3. The summed E-state index contributed by atoms with van der Waals surface area (Å²) in [6.45, 7) is 4.66. The number of nitrogens with one attached hydrogen (secondary N) is 1. The Kier molecular flexibility index (Phi) is 4.29. The van der Waals surface area contributed by atoms with Gasteiger partial charge in [-0.25, -0.2) is 0 Å².